The highest BCUT2D eigenvalue weighted by molar-refractivity contribution is 6.30. The van der Waals surface area contributed by atoms with Gasteiger partial charge in [0.2, 0.25) is 5.75 Å². The Bertz CT molecular complexity index is 650. The maximum absolute atomic E-state index is 5.98. The predicted molar refractivity (Wildman–Crippen MR) is 89.8 cm³/mol. The molecule has 0 bridgehead atoms. The van der Waals surface area contributed by atoms with Crippen LogP contribution in [0.5, 0.6) is 17.2 Å². The Morgan fingerprint density at radius 1 is 0.909 bits per heavy atom. The van der Waals surface area contributed by atoms with E-state index in [2.05, 4.69) is 6.92 Å². The molecule has 0 aliphatic heterocycles. The maximum Gasteiger partial charge on any atom is 0.203 e. The van der Waals surface area contributed by atoms with Crippen LogP contribution in [0.4, 0.5) is 0 Å². The number of halogens is 1. The van der Waals surface area contributed by atoms with Gasteiger partial charge in [-0.2, -0.15) is 0 Å². The fourth-order valence-electron chi connectivity index (χ4n) is 2.76. The molecule has 4 heteroatoms. The number of rotatable bonds is 5. The monoisotopic (exact) mass is 320 g/mol. The molecule has 0 aliphatic carbocycles. The molecular weight excluding hydrogens is 300 g/mol. The lowest BCUT2D eigenvalue weighted by molar-refractivity contribution is 0.321. The Labute approximate surface area is 136 Å². The molecule has 1 atom stereocenters. The van der Waals surface area contributed by atoms with E-state index in [4.69, 9.17) is 25.8 Å². The van der Waals surface area contributed by atoms with Gasteiger partial charge >= 0.3 is 0 Å². The van der Waals surface area contributed by atoms with Crippen molar-refractivity contribution in [1.82, 2.24) is 0 Å². The largest absolute Gasteiger partial charge is 0.493 e. The second-order valence-corrected chi connectivity index (χ2v) is 5.59. The predicted octanol–water partition coefficient (Wildman–Crippen LogP) is 4.83. The molecule has 0 amide bonds. The van der Waals surface area contributed by atoms with Crippen LogP contribution in [0.25, 0.3) is 0 Å². The summed E-state index contributed by atoms with van der Waals surface area (Å²) in [7, 11) is 4.89. The Hall–Kier alpha value is -1.87. The maximum atomic E-state index is 5.98. The van der Waals surface area contributed by atoms with Gasteiger partial charge in [0.1, 0.15) is 0 Å². The Morgan fingerprint density at radius 3 is 2.00 bits per heavy atom. The summed E-state index contributed by atoms with van der Waals surface area (Å²) >= 11 is 5.98. The van der Waals surface area contributed by atoms with E-state index in [1.807, 2.05) is 37.3 Å². The van der Waals surface area contributed by atoms with Crippen LogP contribution in [0.3, 0.4) is 0 Å². The van der Waals surface area contributed by atoms with Crippen LogP contribution in [-0.4, -0.2) is 21.3 Å². The fourth-order valence-corrected chi connectivity index (χ4v) is 2.88. The van der Waals surface area contributed by atoms with Crippen molar-refractivity contribution in [3.63, 3.8) is 0 Å². The lowest BCUT2D eigenvalue weighted by Gasteiger charge is -2.22. The summed E-state index contributed by atoms with van der Waals surface area (Å²) < 4.78 is 16.5. The van der Waals surface area contributed by atoms with Gasteiger partial charge in [-0.15, -0.1) is 0 Å². The summed E-state index contributed by atoms with van der Waals surface area (Å²) in [5, 5.41) is 0.729. The van der Waals surface area contributed by atoms with E-state index >= 15 is 0 Å². The van der Waals surface area contributed by atoms with Crippen molar-refractivity contribution in [2.45, 2.75) is 19.8 Å². The summed E-state index contributed by atoms with van der Waals surface area (Å²) in [5.41, 5.74) is 3.34. The second-order valence-electron chi connectivity index (χ2n) is 5.15. The van der Waals surface area contributed by atoms with E-state index < -0.39 is 0 Å². The lowest BCUT2D eigenvalue weighted by Crippen LogP contribution is -2.05. The van der Waals surface area contributed by atoms with Crippen molar-refractivity contribution in [1.29, 1.82) is 0 Å². The Kier molecular flexibility index (Phi) is 5.19. The van der Waals surface area contributed by atoms with Gasteiger partial charge in [0.15, 0.2) is 11.5 Å². The first-order valence-electron chi connectivity index (χ1n) is 7.08. The molecule has 0 spiro atoms. The highest BCUT2D eigenvalue weighted by atomic mass is 35.5. The van der Waals surface area contributed by atoms with E-state index in [-0.39, 0.29) is 5.92 Å². The van der Waals surface area contributed by atoms with Crippen molar-refractivity contribution in [3.05, 3.63) is 52.0 Å². The minimum Gasteiger partial charge on any atom is -0.493 e. The van der Waals surface area contributed by atoms with Crippen molar-refractivity contribution in [2.75, 3.05) is 21.3 Å². The molecule has 1 unspecified atom stereocenters. The van der Waals surface area contributed by atoms with E-state index in [1.54, 1.807) is 21.3 Å². The summed E-state index contributed by atoms with van der Waals surface area (Å²) in [6.07, 6.45) is 0. The topological polar surface area (TPSA) is 27.7 Å². The highest BCUT2D eigenvalue weighted by Crippen LogP contribution is 2.46. The van der Waals surface area contributed by atoms with Gasteiger partial charge in [0.05, 0.1) is 21.3 Å². The third-order valence-electron chi connectivity index (χ3n) is 3.88. The van der Waals surface area contributed by atoms with E-state index in [0.717, 1.165) is 21.7 Å². The van der Waals surface area contributed by atoms with Gasteiger partial charge in [-0.05, 0) is 36.2 Å². The SMILES string of the molecule is COc1cc(C)c(C(C)c2ccc(Cl)cc2)c(OC)c1OC. The molecule has 0 fully saturated rings. The van der Waals surface area contributed by atoms with Crippen molar-refractivity contribution in [3.8, 4) is 17.2 Å². The number of methoxy groups -OCH3 is 3. The Balaban J connectivity index is 2.60. The van der Waals surface area contributed by atoms with Gasteiger partial charge < -0.3 is 14.2 Å². The molecule has 0 saturated heterocycles. The summed E-state index contributed by atoms with van der Waals surface area (Å²) in [5.74, 6) is 2.14. The highest BCUT2D eigenvalue weighted by Gasteiger charge is 2.23. The van der Waals surface area contributed by atoms with Crippen LogP contribution in [0.15, 0.2) is 30.3 Å². The fraction of sp³-hybridized carbons (Fsp3) is 0.333. The lowest BCUT2D eigenvalue weighted by atomic mass is 9.88. The number of benzene rings is 2. The van der Waals surface area contributed by atoms with E-state index in [1.165, 1.54) is 0 Å². The zero-order valence-corrected chi connectivity index (χ0v) is 14.3. The van der Waals surface area contributed by atoms with Crippen LogP contribution in [0.1, 0.15) is 29.5 Å². The van der Waals surface area contributed by atoms with Gasteiger partial charge in [0.25, 0.3) is 0 Å². The number of hydrogen-bond donors (Lipinski definition) is 0. The molecule has 0 heterocycles. The third kappa shape index (κ3) is 3.00. The minimum atomic E-state index is 0.145. The van der Waals surface area contributed by atoms with Gasteiger partial charge in [-0.3, -0.25) is 0 Å². The average Bonchev–Trinajstić information content (AvgIpc) is 2.53. The standard InChI is InChI=1S/C18H21ClO3/c1-11-10-15(20-3)17(21-4)18(22-5)16(11)12(2)13-6-8-14(19)9-7-13/h6-10,12H,1-5H3. The molecule has 0 aliphatic rings. The number of hydrogen-bond acceptors (Lipinski definition) is 3. The molecule has 22 heavy (non-hydrogen) atoms. The molecule has 0 N–H and O–H groups in total. The average molecular weight is 321 g/mol. The quantitative estimate of drug-likeness (QED) is 0.790. The molecule has 2 rings (SSSR count). The summed E-state index contributed by atoms with van der Waals surface area (Å²) in [6.45, 7) is 4.19. The zero-order chi connectivity index (χ0) is 16.3. The van der Waals surface area contributed by atoms with Gasteiger partial charge in [0, 0.05) is 16.5 Å². The molecule has 0 saturated carbocycles. The normalized spacial score (nSPS) is 11.9. The number of aryl methyl sites for hydroxylation is 1. The molecule has 0 radical (unpaired) electrons. The van der Waals surface area contributed by atoms with Crippen molar-refractivity contribution < 1.29 is 14.2 Å². The Morgan fingerprint density at radius 2 is 1.50 bits per heavy atom. The molecule has 3 nitrogen and oxygen atoms in total. The van der Waals surface area contributed by atoms with E-state index in [9.17, 15) is 0 Å². The van der Waals surface area contributed by atoms with Crippen LogP contribution in [0.2, 0.25) is 5.02 Å². The van der Waals surface area contributed by atoms with Crippen LogP contribution in [-0.2, 0) is 0 Å². The zero-order valence-electron chi connectivity index (χ0n) is 13.6. The molecule has 2 aromatic carbocycles. The third-order valence-corrected chi connectivity index (χ3v) is 4.13. The van der Waals surface area contributed by atoms with Crippen LogP contribution in [0, 0.1) is 6.92 Å². The molecular formula is C18H21ClO3. The summed E-state index contributed by atoms with van der Waals surface area (Å²) in [4.78, 5) is 0. The van der Waals surface area contributed by atoms with Crippen molar-refractivity contribution in [2.24, 2.45) is 0 Å². The summed E-state index contributed by atoms with van der Waals surface area (Å²) in [6, 6.07) is 9.83. The first kappa shape index (κ1) is 16.5. The smallest absolute Gasteiger partial charge is 0.203 e. The van der Waals surface area contributed by atoms with Crippen molar-refractivity contribution >= 4 is 11.6 Å². The van der Waals surface area contributed by atoms with Gasteiger partial charge in [-0.1, -0.05) is 30.7 Å². The second kappa shape index (κ2) is 6.93. The van der Waals surface area contributed by atoms with Gasteiger partial charge in [-0.25, -0.2) is 0 Å². The van der Waals surface area contributed by atoms with Crippen LogP contribution >= 0.6 is 11.6 Å². The first-order valence-corrected chi connectivity index (χ1v) is 7.46. The molecule has 2 aromatic rings. The molecule has 118 valence electrons. The molecule has 0 aromatic heterocycles. The van der Waals surface area contributed by atoms with Crippen LogP contribution < -0.4 is 14.2 Å². The van der Waals surface area contributed by atoms with E-state index in [0.29, 0.717) is 17.2 Å². The first-order chi connectivity index (χ1) is 10.5. The minimum absolute atomic E-state index is 0.145. The number of ether oxygens (including phenoxy) is 3.